The normalized spacial score (nSPS) is 22.0. The molecule has 0 radical (unpaired) electrons. The number of carbonyl (C=O) groups is 3. The lowest BCUT2D eigenvalue weighted by Gasteiger charge is -2.28. The van der Waals surface area contributed by atoms with Gasteiger partial charge in [-0.3, -0.25) is 19.4 Å². The number of para-hydroxylation sites is 1. The van der Waals surface area contributed by atoms with Gasteiger partial charge in [-0.2, -0.15) is 0 Å². The molecule has 2 saturated heterocycles. The van der Waals surface area contributed by atoms with Crippen molar-refractivity contribution >= 4 is 23.5 Å². The maximum Gasteiger partial charge on any atom is 0.332 e. The molecule has 0 aliphatic carbocycles. The Bertz CT molecular complexity index is 611. The average Bonchev–Trinajstić information content (AvgIpc) is 2.80. The lowest BCUT2D eigenvalue weighted by Crippen LogP contribution is -2.45. The maximum atomic E-state index is 12.6. The first-order valence-corrected chi connectivity index (χ1v) is 8.07. The van der Waals surface area contributed by atoms with Crippen molar-refractivity contribution in [2.45, 2.75) is 32.2 Å². The van der Waals surface area contributed by atoms with Gasteiger partial charge >= 0.3 is 6.03 Å². The highest BCUT2D eigenvalue weighted by Gasteiger charge is 2.44. The molecule has 1 aromatic carbocycles. The van der Waals surface area contributed by atoms with Gasteiger partial charge in [-0.15, -0.1) is 0 Å². The SMILES string of the molecule is C[C@@H]1C(=O)N(CC(=O)N2CCCCC2)C(=O)N1c1ccccc1. The van der Waals surface area contributed by atoms with Crippen LogP contribution in [-0.2, 0) is 9.59 Å². The van der Waals surface area contributed by atoms with Crippen molar-refractivity contribution in [3.63, 3.8) is 0 Å². The molecule has 6 heteroatoms. The van der Waals surface area contributed by atoms with E-state index in [0.717, 1.165) is 24.2 Å². The highest BCUT2D eigenvalue weighted by Crippen LogP contribution is 2.25. The minimum absolute atomic E-state index is 0.145. The highest BCUT2D eigenvalue weighted by molar-refractivity contribution is 6.15. The third-order valence-electron chi connectivity index (χ3n) is 4.48. The molecule has 0 spiro atoms. The molecule has 1 aromatic rings. The summed E-state index contributed by atoms with van der Waals surface area (Å²) >= 11 is 0. The summed E-state index contributed by atoms with van der Waals surface area (Å²) in [5.74, 6) is -0.460. The molecule has 2 fully saturated rings. The summed E-state index contributed by atoms with van der Waals surface area (Å²) < 4.78 is 0. The van der Waals surface area contributed by atoms with Crippen LogP contribution in [0.2, 0.25) is 0 Å². The van der Waals surface area contributed by atoms with Crippen LogP contribution in [0.4, 0.5) is 10.5 Å². The van der Waals surface area contributed by atoms with Crippen molar-refractivity contribution in [1.82, 2.24) is 9.80 Å². The number of rotatable bonds is 3. The number of imide groups is 1. The van der Waals surface area contributed by atoms with Crippen molar-refractivity contribution in [2.75, 3.05) is 24.5 Å². The Labute approximate surface area is 135 Å². The third-order valence-corrected chi connectivity index (χ3v) is 4.48. The van der Waals surface area contributed by atoms with E-state index in [2.05, 4.69) is 0 Å². The molecular formula is C17H21N3O3. The van der Waals surface area contributed by atoms with Crippen molar-refractivity contribution in [3.8, 4) is 0 Å². The fraction of sp³-hybridized carbons (Fsp3) is 0.471. The van der Waals surface area contributed by atoms with Crippen LogP contribution < -0.4 is 4.90 Å². The molecule has 2 heterocycles. The van der Waals surface area contributed by atoms with Crippen molar-refractivity contribution in [3.05, 3.63) is 30.3 Å². The van der Waals surface area contributed by atoms with Crippen molar-refractivity contribution in [2.24, 2.45) is 0 Å². The fourth-order valence-corrected chi connectivity index (χ4v) is 3.17. The number of anilines is 1. The largest absolute Gasteiger partial charge is 0.341 e. The van der Waals surface area contributed by atoms with Crippen LogP contribution in [0.15, 0.2) is 30.3 Å². The van der Waals surface area contributed by atoms with Gasteiger partial charge in [-0.05, 0) is 38.3 Å². The number of hydrogen-bond acceptors (Lipinski definition) is 3. The second-order valence-electron chi connectivity index (χ2n) is 6.03. The Kier molecular flexibility index (Phi) is 4.32. The maximum absolute atomic E-state index is 12.6. The fourth-order valence-electron chi connectivity index (χ4n) is 3.17. The predicted octanol–water partition coefficient (Wildman–Crippen LogP) is 1.86. The number of hydrogen-bond donors (Lipinski definition) is 0. The van der Waals surface area contributed by atoms with Crippen LogP contribution in [0.5, 0.6) is 0 Å². The van der Waals surface area contributed by atoms with Gasteiger partial charge in [0.2, 0.25) is 5.91 Å². The summed E-state index contributed by atoms with van der Waals surface area (Å²) in [7, 11) is 0. The topological polar surface area (TPSA) is 60.9 Å². The van der Waals surface area contributed by atoms with Gasteiger partial charge in [0.05, 0.1) is 0 Å². The van der Waals surface area contributed by atoms with Crippen LogP contribution >= 0.6 is 0 Å². The molecule has 3 rings (SSSR count). The third kappa shape index (κ3) is 2.93. The predicted molar refractivity (Wildman–Crippen MR) is 85.9 cm³/mol. The van der Waals surface area contributed by atoms with Gasteiger partial charge in [0.1, 0.15) is 12.6 Å². The van der Waals surface area contributed by atoms with E-state index < -0.39 is 12.1 Å². The zero-order chi connectivity index (χ0) is 16.4. The monoisotopic (exact) mass is 315 g/mol. The number of urea groups is 1. The molecule has 23 heavy (non-hydrogen) atoms. The molecule has 0 saturated carbocycles. The lowest BCUT2D eigenvalue weighted by molar-refractivity contribution is -0.137. The van der Waals surface area contributed by atoms with Crippen LogP contribution in [0.1, 0.15) is 26.2 Å². The molecule has 2 aliphatic heterocycles. The van der Waals surface area contributed by atoms with Crippen molar-refractivity contribution in [1.29, 1.82) is 0 Å². The molecule has 0 unspecified atom stereocenters. The van der Waals surface area contributed by atoms with E-state index in [4.69, 9.17) is 0 Å². The number of nitrogens with zero attached hydrogens (tertiary/aromatic N) is 3. The van der Waals surface area contributed by atoms with Crippen LogP contribution in [0.25, 0.3) is 0 Å². The molecule has 122 valence electrons. The lowest BCUT2D eigenvalue weighted by atomic mass is 10.1. The van der Waals surface area contributed by atoms with Crippen molar-refractivity contribution < 1.29 is 14.4 Å². The van der Waals surface area contributed by atoms with E-state index in [1.807, 2.05) is 18.2 Å². The Balaban J connectivity index is 1.74. The van der Waals surface area contributed by atoms with E-state index in [0.29, 0.717) is 18.8 Å². The van der Waals surface area contributed by atoms with E-state index in [1.165, 1.54) is 4.90 Å². The second-order valence-corrected chi connectivity index (χ2v) is 6.03. The van der Waals surface area contributed by atoms with E-state index in [-0.39, 0.29) is 18.4 Å². The summed E-state index contributed by atoms with van der Waals surface area (Å²) in [6.07, 6.45) is 3.10. The van der Waals surface area contributed by atoms with Gasteiger partial charge in [-0.1, -0.05) is 18.2 Å². The molecule has 4 amide bonds. The van der Waals surface area contributed by atoms with Gasteiger partial charge < -0.3 is 4.90 Å². The number of piperidine rings is 1. The van der Waals surface area contributed by atoms with E-state index in [9.17, 15) is 14.4 Å². The quantitative estimate of drug-likeness (QED) is 0.800. The zero-order valence-electron chi connectivity index (χ0n) is 13.3. The first-order chi connectivity index (χ1) is 11.1. The van der Waals surface area contributed by atoms with Gasteiger partial charge in [0, 0.05) is 18.8 Å². The number of carbonyl (C=O) groups excluding carboxylic acids is 3. The minimum atomic E-state index is -0.584. The molecule has 1 atom stereocenters. The first-order valence-electron chi connectivity index (χ1n) is 8.07. The number of amides is 4. The Morgan fingerprint density at radius 3 is 2.39 bits per heavy atom. The summed E-state index contributed by atoms with van der Waals surface area (Å²) in [5.41, 5.74) is 0.672. The van der Waals surface area contributed by atoms with Crippen LogP contribution in [0, 0.1) is 0 Å². The summed E-state index contributed by atoms with van der Waals surface area (Å²) in [5, 5.41) is 0. The second kappa shape index (κ2) is 6.40. The molecule has 0 aromatic heterocycles. The Hall–Kier alpha value is -2.37. The minimum Gasteiger partial charge on any atom is -0.341 e. The summed E-state index contributed by atoms with van der Waals surface area (Å²) in [4.78, 5) is 41.7. The van der Waals surface area contributed by atoms with E-state index >= 15 is 0 Å². The standard InChI is InChI=1S/C17H21N3O3/c1-13-16(22)19(12-15(21)18-10-6-3-7-11-18)17(23)20(13)14-8-4-2-5-9-14/h2,4-5,8-9,13H,3,6-7,10-12H2,1H3/t13-/m1/s1. The number of likely N-dealkylation sites (tertiary alicyclic amines) is 1. The summed E-state index contributed by atoms with van der Waals surface area (Å²) in [6.45, 7) is 2.96. The summed E-state index contributed by atoms with van der Waals surface area (Å²) in [6, 6.07) is 8.07. The Morgan fingerprint density at radius 1 is 1.09 bits per heavy atom. The van der Waals surface area contributed by atoms with Crippen LogP contribution in [-0.4, -0.2) is 53.3 Å². The van der Waals surface area contributed by atoms with Gasteiger partial charge in [0.25, 0.3) is 5.91 Å². The molecular weight excluding hydrogens is 294 g/mol. The molecule has 6 nitrogen and oxygen atoms in total. The molecule has 0 bridgehead atoms. The van der Waals surface area contributed by atoms with Gasteiger partial charge in [0.15, 0.2) is 0 Å². The Morgan fingerprint density at radius 2 is 1.74 bits per heavy atom. The number of benzene rings is 1. The van der Waals surface area contributed by atoms with E-state index in [1.54, 1.807) is 24.0 Å². The zero-order valence-corrected chi connectivity index (χ0v) is 13.3. The highest BCUT2D eigenvalue weighted by atomic mass is 16.2. The smallest absolute Gasteiger partial charge is 0.332 e. The van der Waals surface area contributed by atoms with Gasteiger partial charge in [-0.25, -0.2) is 4.79 Å². The molecule has 0 N–H and O–H groups in total. The molecule has 2 aliphatic rings. The first kappa shape index (κ1) is 15.5. The van der Waals surface area contributed by atoms with Crippen LogP contribution in [0.3, 0.4) is 0 Å². The average molecular weight is 315 g/mol.